The number of urea groups is 1. The molecule has 32 heavy (non-hydrogen) atoms. The summed E-state index contributed by atoms with van der Waals surface area (Å²) >= 11 is 0. The van der Waals surface area contributed by atoms with Crippen molar-refractivity contribution in [2.24, 2.45) is 17.3 Å². The lowest BCUT2D eigenvalue weighted by Gasteiger charge is -2.40. The Balaban J connectivity index is 0.000000360. The van der Waals surface area contributed by atoms with Gasteiger partial charge in [-0.25, -0.2) is 9.59 Å². The zero-order valence-electron chi connectivity index (χ0n) is 19.1. The Morgan fingerprint density at radius 3 is 2.09 bits per heavy atom. The Hall–Kier alpha value is -1.55. The fourth-order valence-electron chi connectivity index (χ4n) is 4.74. The van der Waals surface area contributed by atoms with Crippen LogP contribution in [0.25, 0.3) is 0 Å². The molecule has 2 aliphatic carbocycles. The smallest absolute Gasteiger partial charge is 0.475 e. The van der Waals surface area contributed by atoms with Crippen LogP contribution in [-0.4, -0.2) is 97.5 Å². The van der Waals surface area contributed by atoms with E-state index in [9.17, 15) is 18.0 Å². The molecule has 4 aliphatic rings. The van der Waals surface area contributed by atoms with Crippen LogP contribution in [0.5, 0.6) is 0 Å². The number of hydrogen-bond donors (Lipinski definition) is 1. The number of likely N-dealkylation sites (tertiary alicyclic amines) is 2. The largest absolute Gasteiger partial charge is 0.490 e. The lowest BCUT2D eigenvalue weighted by Crippen LogP contribution is -2.47. The third kappa shape index (κ3) is 7.23. The van der Waals surface area contributed by atoms with Crippen molar-refractivity contribution < 1.29 is 32.6 Å². The molecule has 2 aliphatic heterocycles. The van der Waals surface area contributed by atoms with Crippen LogP contribution in [0.2, 0.25) is 0 Å². The van der Waals surface area contributed by atoms with Gasteiger partial charge in [0.05, 0.1) is 6.61 Å². The van der Waals surface area contributed by atoms with Gasteiger partial charge in [-0.15, -0.1) is 0 Å². The highest BCUT2D eigenvalue weighted by Crippen LogP contribution is 2.45. The Morgan fingerprint density at radius 2 is 1.62 bits per heavy atom. The first-order valence-corrected chi connectivity index (χ1v) is 11.6. The number of piperidine rings is 1. The zero-order valence-corrected chi connectivity index (χ0v) is 19.1. The molecule has 184 valence electrons. The first-order valence-electron chi connectivity index (χ1n) is 11.6. The highest BCUT2D eigenvalue weighted by Gasteiger charge is 2.47. The molecule has 1 N–H and O–H groups in total. The molecule has 1 atom stereocenters. The summed E-state index contributed by atoms with van der Waals surface area (Å²) in [5, 5.41) is 7.12. The van der Waals surface area contributed by atoms with Crippen LogP contribution < -0.4 is 0 Å². The number of alkyl halides is 3. The van der Waals surface area contributed by atoms with Crippen LogP contribution in [0.1, 0.15) is 44.9 Å². The van der Waals surface area contributed by atoms with Crippen LogP contribution >= 0.6 is 0 Å². The van der Waals surface area contributed by atoms with E-state index < -0.39 is 12.1 Å². The number of hydrogen-bond acceptors (Lipinski definition) is 4. The van der Waals surface area contributed by atoms with Gasteiger partial charge in [0.1, 0.15) is 0 Å². The molecule has 10 heteroatoms. The quantitative estimate of drug-likeness (QED) is 0.655. The van der Waals surface area contributed by atoms with Gasteiger partial charge in [-0.2, -0.15) is 13.2 Å². The maximum Gasteiger partial charge on any atom is 0.490 e. The first-order chi connectivity index (χ1) is 15.0. The fourth-order valence-corrected chi connectivity index (χ4v) is 4.74. The SMILES string of the molecule is CN(C)C(=O)N1CCC2(CC1)CC(COCC1CC1)N(CC1CC1)C2.O=C(O)C(F)(F)F. The van der Waals surface area contributed by atoms with Crippen molar-refractivity contribution in [2.45, 2.75) is 57.2 Å². The summed E-state index contributed by atoms with van der Waals surface area (Å²) in [5.74, 6) is -0.962. The third-order valence-corrected chi connectivity index (χ3v) is 6.99. The van der Waals surface area contributed by atoms with Gasteiger partial charge in [0.15, 0.2) is 0 Å². The summed E-state index contributed by atoms with van der Waals surface area (Å²) in [4.78, 5) is 27.6. The number of carbonyl (C=O) groups is 2. The van der Waals surface area contributed by atoms with Gasteiger partial charge >= 0.3 is 18.2 Å². The third-order valence-electron chi connectivity index (χ3n) is 6.99. The topological polar surface area (TPSA) is 73.3 Å². The average molecular weight is 464 g/mol. The van der Waals surface area contributed by atoms with Gasteiger partial charge in [0.25, 0.3) is 0 Å². The van der Waals surface area contributed by atoms with Crippen molar-refractivity contribution in [3.05, 3.63) is 0 Å². The Morgan fingerprint density at radius 1 is 1.06 bits per heavy atom. The molecule has 0 aromatic carbocycles. The second-order valence-corrected chi connectivity index (χ2v) is 10.2. The van der Waals surface area contributed by atoms with Crippen molar-refractivity contribution >= 4 is 12.0 Å². The van der Waals surface area contributed by atoms with Gasteiger partial charge in [0.2, 0.25) is 0 Å². The summed E-state index contributed by atoms with van der Waals surface area (Å²) < 4.78 is 37.8. The van der Waals surface area contributed by atoms with E-state index >= 15 is 0 Å². The van der Waals surface area contributed by atoms with E-state index in [1.807, 2.05) is 19.0 Å². The first kappa shape index (κ1) is 25.1. The lowest BCUT2D eigenvalue weighted by molar-refractivity contribution is -0.192. The molecule has 2 amide bonds. The highest BCUT2D eigenvalue weighted by atomic mass is 19.4. The molecule has 2 heterocycles. The number of carboxylic acid groups (broad SMARTS) is 1. The number of halogens is 3. The van der Waals surface area contributed by atoms with Crippen molar-refractivity contribution in [3.63, 3.8) is 0 Å². The predicted molar refractivity (Wildman–Crippen MR) is 112 cm³/mol. The normalized spacial score (nSPS) is 25.4. The van der Waals surface area contributed by atoms with Gasteiger partial charge in [-0.05, 0) is 62.2 Å². The number of nitrogens with zero attached hydrogens (tertiary/aromatic N) is 3. The van der Waals surface area contributed by atoms with Crippen molar-refractivity contribution in [2.75, 3.05) is 53.5 Å². The summed E-state index contributed by atoms with van der Waals surface area (Å²) in [6, 6.07) is 0.780. The summed E-state index contributed by atoms with van der Waals surface area (Å²) in [6.45, 7) is 6.25. The molecule has 4 fully saturated rings. The van der Waals surface area contributed by atoms with E-state index in [0.717, 1.165) is 51.0 Å². The van der Waals surface area contributed by atoms with Crippen LogP contribution in [0, 0.1) is 17.3 Å². The van der Waals surface area contributed by atoms with Gasteiger partial charge in [-0.1, -0.05) is 0 Å². The fraction of sp³-hybridized carbons (Fsp3) is 0.909. The van der Waals surface area contributed by atoms with E-state index in [2.05, 4.69) is 4.90 Å². The second-order valence-electron chi connectivity index (χ2n) is 10.2. The number of aliphatic carboxylic acids is 1. The molecule has 1 unspecified atom stereocenters. The molecular formula is C22H36F3N3O4. The Labute approximate surface area is 187 Å². The van der Waals surface area contributed by atoms with E-state index in [4.69, 9.17) is 14.6 Å². The van der Waals surface area contributed by atoms with E-state index in [-0.39, 0.29) is 6.03 Å². The van der Waals surface area contributed by atoms with Gasteiger partial charge in [0, 0.05) is 52.9 Å². The monoisotopic (exact) mass is 463 g/mol. The molecule has 0 aromatic heterocycles. The summed E-state index contributed by atoms with van der Waals surface area (Å²) in [6.07, 6.45) is 4.09. The van der Waals surface area contributed by atoms with Gasteiger partial charge < -0.3 is 19.6 Å². The van der Waals surface area contributed by atoms with Crippen molar-refractivity contribution in [1.82, 2.24) is 14.7 Å². The van der Waals surface area contributed by atoms with Gasteiger partial charge in [-0.3, -0.25) is 4.90 Å². The van der Waals surface area contributed by atoms with Crippen LogP contribution in [0.15, 0.2) is 0 Å². The molecule has 2 saturated carbocycles. The minimum absolute atomic E-state index is 0.173. The predicted octanol–water partition coefficient (Wildman–Crippen LogP) is 3.29. The Kier molecular flexibility index (Phi) is 7.96. The van der Waals surface area contributed by atoms with Crippen molar-refractivity contribution in [1.29, 1.82) is 0 Å². The zero-order chi connectivity index (χ0) is 23.5. The standard InChI is InChI=1S/C20H35N3O2.C2HF3O2/c1-21(2)19(24)22-9-7-20(8-10-22)11-18(14-25-13-17-5-6-17)23(15-20)12-16-3-4-16;3-2(4,5)1(6)7/h16-18H,3-15H2,1-2H3;(H,6,7). The number of amides is 2. The van der Waals surface area contributed by atoms with Crippen molar-refractivity contribution in [3.8, 4) is 0 Å². The van der Waals surface area contributed by atoms with Crippen LogP contribution in [0.3, 0.4) is 0 Å². The molecule has 1 spiro atoms. The highest BCUT2D eigenvalue weighted by molar-refractivity contribution is 5.74. The minimum atomic E-state index is -5.08. The molecule has 0 bridgehead atoms. The van der Waals surface area contributed by atoms with E-state index in [1.54, 1.807) is 4.90 Å². The number of rotatable bonds is 6. The summed E-state index contributed by atoms with van der Waals surface area (Å²) in [5.41, 5.74) is 0.422. The molecule has 0 aromatic rings. The average Bonchev–Trinajstić information content (AvgIpc) is 3.63. The van der Waals surface area contributed by atoms with Crippen LogP contribution in [0.4, 0.5) is 18.0 Å². The number of ether oxygens (including phenoxy) is 1. The maximum atomic E-state index is 12.2. The van der Waals surface area contributed by atoms with Crippen LogP contribution in [-0.2, 0) is 9.53 Å². The molecular weight excluding hydrogens is 427 g/mol. The molecule has 0 radical (unpaired) electrons. The summed E-state index contributed by atoms with van der Waals surface area (Å²) in [7, 11) is 3.71. The number of carboxylic acids is 1. The van der Waals surface area contributed by atoms with E-state index in [1.165, 1.54) is 45.2 Å². The maximum absolute atomic E-state index is 12.2. The Bertz CT molecular complexity index is 657. The second kappa shape index (κ2) is 10.2. The minimum Gasteiger partial charge on any atom is -0.475 e. The molecule has 2 saturated heterocycles. The molecule has 7 nitrogen and oxygen atoms in total. The number of carbonyl (C=O) groups excluding carboxylic acids is 1. The molecule has 4 rings (SSSR count). The van der Waals surface area contributed by atoms with E-state index in [0.29, 0.717) is 11.5 Å². The lowest BCUT2D eigenvalue weighted by atomic mass is 9.76.